The van der Waals surface area contributed by atoms with E-state index in [-0.39, 0.29) is 11.6 Å². The molecule has 37 heavy (non-hydrogen) atoms. The number of benzene rings is 2. The number of nitrogens with one attached hydrogen (secondary N) is 1. The Balaban J connectivity index is 1.57. The van der Waals surface area contributed by atoms with Gasteiger partial charge in [0.2, 0.25) is 5.88 Å². The van der Waals surface area contributed by atoms with Gasteiger partial charge in [0, 0.05) is 23.6 Å². The quantitative estimate of drug-likeness (QED) is 0.313. The lowest BCUT2D eigenvalue weighted by molar-refractivity contribution is 0.398. The molecule has 0 saturated heterocycles. The third kappa shape index (κ3) is 4.09. The van der Waals surface area contributed by atoms with Gasteiger partial charge in [0.05, 0.1) is 24.0 Å². The summed E-state index contributed by atoms with van der Waals surface area (Å²) in [7, 11) is 1.58. The number of pyridine rings is 2. The Bertz CT molecular complexity index is 1800. The molecule has 0 unspecified atom stereocenters. The fraction of sp³-hybridized carbons (Fsp3) is 0.107. The van der Waals surface area contributed by atoms with E-state index in [1.807, 2.05) is 67.6 Å². The maximum absolute atomic E-state index is 14.3. The average Bonchev–Trinajstić information content (AvgIpc) is 3.43. The molecule has 1 N–H and O–H groups in total. The number of thiazole rings is 1. The number of anilines is 1. The molecule has 0 aliphatic rings. The van der Waals surface area contributed by atoms with Gasteiger partial charge in [-0.3, -0.25) is 9.36 Å². The Morgan fingerprint density at radius 3 is 2.68 bits per heavy atom. The van der Waals surface area contributed by atoms with Crippen LogP contribution >= 0.6 is 11.3 Å². The van der Waals surface area contributed by atoms with Crippen molar-refractivity contribution >= 4 is 38.3 Å². The Hall–Kier alpha value is -4.63. The zero-order chi connectivity index (χ0) is 25.4. The van der Waals surface area contributed by atoms with Crippen LogP contribution in [0.5, 0.6) is 5.88 Å². The minimum atomic E-state index is -0.262. The number of ether oxygens (including phenoxy) is 1. The summed E-state index contributed by atoms with van der Waals surface area (Å²) in [6, 6.07) is 21.1. The van der Waals surface area contributed by atoms with Gasteiger partial charge < -0.3 is 10.1 Å². The van der Waals surface area contributed by atoms with Crippen molar-refractivity contribution in [2.45, 2.75) is 13.0 Å². The second kappa shape index (κ2) is 9.44. The van der Waals surface area contributed by atoms with Crippen LogP contribution in [0.3, 0.4) is 0 Å². The summed E-state index contributed by atoms with van der Waals surface area (Å²) >= 11 is 1.46. The van der Waals surface area contributed by atoms with Crippen molar-refractivity contribution in [3.63, 3.8) is 0 Å². The van der Waals surface area contributed by atoms with Crippen LogP contribution in [0, 0.1) is 0 Å². The first kappa shape index (κ1) is 22.8. The third-order valence-electron chi connectivity index (χ3n) is 6.28. The van der Waals surface area contributed by atoms with Crippen LogP contribution < -0.4 is 15.6 Å². The maximum Gasteiger partial charge on any atom is 0.263 e. The lowest BCUT2D eigenvalue weighted by Crippen LogP contribution is -2.26. The van der Waals surface area contributed by atoms with E-state index in [2.05, 4.69) is 31.3 Å². The van der Waals surface area contributed by atoms with Crippen LogP contribution in [-0.2, 0) is 0 Å². The van der Waals surface area contributed by atoms with E-state index in [9.17, 15) is 4.79 Å². The first-order chi connectivity index (χ1) is 18.1. The van der Waals surface area contributed by atoms with E-state index in [4.69, 9.17) is 4.74 Å². The third-order valence-corrected chi connectivity index (χ3v) is 7.01. The number of para-hydroxylation sites is 1. The van der Waals surface area contributed by atoms with Crippen molar-refractivity contribution in [1.82, 2.24) is 24.5 Å². The highest BCUT2D eigenvalue weighted by Gasteiger charge is 2.20. The van der Waals surface area contributed by atoms with E-state index >= 15 is 0 Å². The van der Waals surface area contributed by atoms with Gasteiger partial charge in [0.15, 0.2) is 5.82 Å². The molecule has 1 atom stereocenters. The summed E-state index contributed by atoms with van der Waals surface area (Å²) in [5.41, 5.74) is 5.61. The summed E-state index contributed by atoms with van der Waals surface area (Å²) in [4.78, 5) is 32.4. The van der Waals surface area contributed by atoms with Gasteiger partial charge in [-0.15, -0.1) is 11.3 Å². The summed E-state index contributed by atoms with van der Waals surface area (Å²) in [5, 5.41) is 4.93. The largest absolute Gasteiger partial charge is 0.481 e. The fourth-order valence-corrected chi connectivity index (χ4v) is 5.18. The SMILES string of the molecule is COc1cc(-c2cccc3cc([C@H](C)Nc4ncnc5scnc45)n(-c4ccccc4)c(=O)c23)ccn1. The highest BCUT2D eigenvalue weighted by Crippen LogP contribution is 2.31. The first-order valence-electron chi connectivity index (χ1n) is 11.7. The number of methoxy groups -OCH3 is 1. The molecule has 0 amide bonds. The lowest BCUT2D eigenvalue weighted by Gasteiger charge is -2.22. The normalized spacial score (nSPS) is 12.1. The molecule has 182 valence electrons. The molecule has 6 aromatic rings. The lowest BCUT2D eigenvalue weighted by atomic mass is 9.98. The topological polar surface area (TPSA) is 94.8 Å². The summed E-state index contributed by atoms with van der Waals surface area (Å²) in [5.74, 6) is 1.12. The molecule has 0 saturated carbocycles. The second-order valence-electron chi connectivity index (χ2n) is 8.50. The van der Waals surface area contributed by atoms with Gasteiger partial charge in [-0.2, -0.15) is 0 Å². The molecule has 4 heterocycles. The van der Waals surface area contributed by atoms with Crippen LogP contribution in [0.4, 0.5) is 5.82 Å². The average molecular weight is 507 g/mol. The predicted octanol–water partition coefficient (Wildman–Crippen LogP) is 5.63. The molecule has 2 aromatic carbocycles. The zero-order valence-electron chi connectivity index (χ0n) is 20.1. The van der Waals surface area contributed by atoms with Crippen LogP contribution in [0.2, 0.25) is 0 Å². The number of hydrogen-bond donors (Lipinski definition) is 1. The number of fused-ring (bicyclic) bond motifs is 2. The minimum Gasteiger partial charge on any atom is -0.481 e. The molecule has 0 aliphatic heterocycles. The van der Waals surface area contributed by atoms with Crippen LogP contribution in [0.25, 0.3) is 37.9 Å². The summed E-state index contributed by atoms with van der Waals surface area (Å²) in [6.07, 6.45) is 3.21. The van der Waals surface area contributed by atoms with E-state index < -0.39 is 0 Å². The molecular weight excluding hydrogens is 484 g/mol. The van der Waals surface area contributed by atoms with Crippen molar-refractivity contribution in [2.75, 3.05) is 12.4 Å². The zero-order valence-corrected chi connectivity index (χ0v) is 20.9. The standard InChI is InChI=1S/C28H22N6O2S/c1-17(33-26-25-27(31-15-30-26)37-16-32-25)22-13-19-7-6-10-21(18-11-12-29-23(14-18)36-2)24(19)28(35)34(22)20-8-4-3-5-9-20/h3-17H,1-2H3,(H,30,31,33)/t17-/m0/s1. The molecule has 0 bridgehead atoms. The Kier molecular flexibility index (Phi) is 5.82. The molecule has 0 radical (unpaired) electrons. The van der Waals surface area contributed by atoms with Crippen LogP contribution in [-0.4, -0.2) is 31.6 Å². The fourth-order valence-electron chi connectivity index (χ4n) is 4.55. The summed E-state index contributed by atoms with van der Waals surface area (Å²) in [6.45, 7) is 2.01. The van der Waals surface area contributed by atoms with Gasteiger partial charge >= 0.3 is 0 Å². The van der Waals surface area contributed by atoms with Crippen LogP contribution in [0.15, 0.2) is 89.6 Å². The number of rotatable bonds is 6. The van der Waals surface area contributed by atoms with Gasteiger partial charge in [0.1, 0.15) is 16.7 Å². The van der Waals surface area contributed by atoms with Gasteiger partial charge in [0.25, 0.3) is 5.56 Å². The van der Waals surface area contributed by atoms with Crippen LogP contribution in [0.1, 0.15) is 18.7 Å². The summed E-state index contributed by atoms with van der Waals surface area (Å²) < 4.78 is 7.09. The number of hydrogen-bond acceptors (Lipinski definition) is 8. The first-order valence-corrected chi connectivity index (χ1v) is 12.6. The van der Waals surface area contributed by atoms with Crippen molar-refractivity contribution in [1.29, 1.82) is 0 Å². The van der Waals surface area contributed by atoms with E-state index in [0.29, 0.717) is 22.6 Å². The minimum absolute atomic E-state index is 0.111. The number of aromatic nitrogens is 5. The van der Waals surface area contributed by atoms with E-state index in [1.165, 1.54) is 17.7 Å². The highest BCUT2D eigenvalue weighted by molar-refractivity contribution is 7.16. The molecule has 0 aliphatic carbocycles. The monoisotopic (exact) mass is 506 g/mol. The number of nitrogens with zero attached hydrogens (tertiary/aromatic N) is 5. The molecule has 9 heteroatoms. The van der Waals surface area contributed by atoms with Crippen molar-refractivity contribution in [3.05, 3.63) is 101 Å². The second-order valence-corrected chi connectivity index (χ2v) is 9.33. The Morgan fingerprint density at radius 2 is 1.84 bits per heavy atom. The molecular formula is C28H22N6O2S. The molecule has 0 spiro atoms. The van der Waals surface area contributed by atoms with E-state index in [1.54, 1.807) is 23.4 Å². The van der Waals surface area contributed by atoms with Crippen molar-refractivity contribution in [2.24, 2.45) is 0 Å². The molecule has 0 fully saturated rings. The molecule has 6 rings (SSSR count). The Labute approximate surface area is 216 Å². The van der Waals surface area contributed by atoms with E-state index in [0.717, 1.165) is 32.7 Å². The molecule has 4 aromatic heterocycles. The van der Waals surface area contributed by atoms with Gasteiger partial charge in [-0.1, -0.05) is 36.4 Å². The Morgan fingerprint density at radius 1 is 0.973 bits per heavy atom. The van der Waals surface area contributed by atoms with Gasteiger partial charge in [-0.05, 0) is 47.7 Å². The van der Waals surface area contributed by atoms with Gasteiger partial charge in [-0.25, -0.2) is 19.9 Å². The van der Waals surface area contributed by atoms with Crippen molar-refractivity contribution in [3.8, 4) is 22.7 Å². The smallest absolute Gasteiger partial charge is 0.263 e. The molecule has 8 nitrogen and oxygen atoms in total. The highest BCUT2D eigenvalue weighted by atomic mass is 32.1. The maximum atomic E-state index is 14.3. The predicted molar refractivity (Wildman–Crippen MR) is 147 cm³/mol. The van der Waals surface area contributed by atoms with Crippen molar-refractivity contribution < 1.29 is 4.74 Å².